The van der Waals surface area contributed by atoms with Crippen molar-refractivity contribution in [3.63, 3.8) is 0 Å². The SMILES string of the molecule is CC(CCO)N(Cc1ccccc1)S(=O)(=O)c1cccnc1. The van der Waals surface area contributed by atoms with Crippen LogP contribution in [0.3, 0.4) is 0 Å². The second kappa shape index (κ2) is 7.49. The second-order valence-corrected chi connectivity index (χ2v) is 6.98. The van der Waals surface area contributed by atoms with Crippen LogP contribution in [0.2, 0.25) is 0 Å². The Bertz CT molecular complexity index is 675. The molecule has 0 saturated heterocycles. The van der Waals surface area contributed by atoms with E-state index in [1.807, 2.05) is 30.3 Å². The van der Waals surface area contributed by atoms with Crippen LogP contribution in [-0.2, 0) is 16.6 Å². The van der Waals surface area contributed by atoms with Gasteiger partial charge in [0.1, 0.15) is 4.90 Å². The quantitative estimate of drug-likeness (QED) is 0.847. The van der Waals surface area contributed by atoms with Crippen molar-refractivity contribution in [3.05, 3.63) is 60.4 Å². The Morgan fingerprint density at radius 3 is 2.50 bits per heavy atom. The molecule has 1 unspecified atom stereocenters. The van der Waals surface area contributed by atoms with Gasteiger partial charge in [0.15, 0.2) is 0 Å². The lowest BCUT2D eigenvalue weighted by Crippen LogP contribution is -2.38. The van der Waals surface area contributed by atoms with Gasteiger partial charge < -0.3 is 5.11 Å². The summed E-state index contributed by atoms with van der Waals surface area (Å²) in [5, 5.41) is 9.15. The van der Waals surface area contributed by atoms with Gasteiger partial charge in [-0.1, -0.05) is 30.3 Å². The summed E-state index contributed by atoms with van der Waals surface area (Å²) >= 11 is 0. The maximum Gasteiger partial charge on any atom is 0.245 e. The van der Waals surface area contributed by atoms with Crippen LogP contribution in [-0.4, -0.2) is 35.5 Å². The fraction of sp³-hybridized carbons (Fsp3) is 0.312. The van der Waals surface area contributed by atoms with Crippen molar-refractivity contribution >= 4 is 10.0 Å². The van der Waals surface area contributed by atoms with Crippen molar-refractivity contribution < 1.29 is 13.5 Å². The smallest absolute Gasteiger partial charge is 0.245 e. The molecule has 0 aliphatic carbocycles. The number of hydrogen-bond acceptors (Lipinski definition) is 4. The Hall–Kier alpha value is -1.76. The molecule has 0 saturated carbocycles. The van der Waals surface area contributed by atoms with E-state index in [0.717, 1.165) is 5.56 Å². The standard InChI is InChI=1S/C16H20N2O3S/c1-14(9-11-19)18(13-15-6-3-2-4-7-15)22(20,21)16-8-5-10-17-12-16/h2-8,10,12,14,19H,9,11,13H2,1H3. The summed E-state index contributed by atoms with van der Waals surface area (Å²) in [4.78, 5) is 4.05. The fourth-order valence-corrected chi connectivity index (χ4v) is 3.82. The van der Waals surface area contributed by atoms with Crippen molar-refractivity contribution in [1.29, 1.82) is 0 Å². The first-order valence-electron chi connectivity index (χ1n) is 7.12. The molecule has 1 aromatic carbocycles. The number of pyridine rings is 1. The number of aromatic nitrogens is 1. The first kappa shape index (κ1) is 16.6. The lowest BCUT2D eigenvalue weighted by molar-refractivity contribution is 0.230. The molecule has 0 aliphatic rings. The van der Waals surface area contributed by atoms with E-state index in [1.165, 1.54) is 22.8 Å². The Kier molecular flexibility index (Phi) is 5.65. The van der Waals surface area contributed by atoms with Gasteiger partial charge in [0.2, 0.25) is 10.0 Å². The molecule has 0 aliphatic heterocycles. The van der Waals surface area contributed by atoms with Crippen LogP contribution in [0.5, 0.6) is 0 Å². The fourth-order valence-electron chi connectivity index (χ4n) is 2.21. The number of aliphatic hydroxyl groups excluding tert-OH is 1. The van der Waals surface area contributed by atoms with Crippen LogP contribution in [0, 0.1) is 0 Å². The Balaban J connectivity index is 2.36. The van der Waals surface area contributed by atoms with Crippen molar-refractivity contribution in [2.24, 2.45) is 0 Å². The highest BCUT2D eigenvalue weighted by molar-refractivity contribution is 7.89. The molecule has 2 aromatic rings. The first-order valence-corrected chi connectivity index (χ1v) is 8.56. The summed E-state index contributed by atoms with van der Waals surface area (Å²) in [5.74, 6) is 0. The van der Waals surface area contributed by atoms with Gasteiger partial charge in [-0.25, -0.2) is 8.42 Å². The van der Waals surface area contributed by atoms with Gasteiger partial charge >= 0.3 is 0 Å². The second-order valence-electron chi connectivity index (χ2n) is 5.09. The van der Waals surface area contributed by atoms with E-state index in [1.54, 1.807) is 13.0 Å². The molecule has 0 amide bonds. The number of nitrogens with zero attached hydrogens (tertiary/aromatic N) is 2. The molecule has 1 N–H and O–H groups in total. The summed E-state index contributed by atoms with van der Waals surface area (Å²) < 4.78 is 27.1. The van der Waals surface area contributed by atoms with E-state index < -0.39 is 10.0 Å². The molecular weight excluding hydrogens is 300 g/mol. The van der Waals surface area contributed by atoms with Crippen molar-refractivity contribution in [2.75, 3.05) is 6.61 Å². The molecule has 0 fully saturated rings. The van der Waals surface area contributed by atoms with E-state index in [0.29, 0.717) is 6.42 Å². The topological polar surface area (TPSA) is 70.5 Å². The molecular formula is C16H20N2O3S. The van der Waals surface area contributed by atoms with Gasteiger partial charge in [0.25, 0.3) is 0 Å². The monoisotopic (exact) mass is 320 g/mol. The molecule has 6 heteroatoms. The molecule has 2 rings (SSSR count). The zero-order valence-electron chi connectivity index (χ0n) is 12.5. The van der Waals surface area contributed by atoms with Crippen LogP contribution >= 0.6 is 0 Å². The minimum atomic E-state index is -3.66. The molecule has 1 heterocycles. The van der Waals surface area contributed by atoms with Crippen LogP contribution in [0.15, 0.2) is 59.8 Å². The summed E-state index contributed by atoms with van der Waals surface area (Å²) in [6.07, 6.45) is 3.27. The van der Waals surface area contributed by atoms with Crippen LogP contribution in [0.25, 0.3) is 0 Å². The minimum absolute atomic E-state index is 0.0605. The van der Waals surface area contributed by atoms with Crippen molar-refractivity contribution in [1.82, 2.24) is 9.29 Å². The predicted octanol–water partition coefficient (Wildman–Crippen LogP) is 2.04. The molecule has 5 nitrogen and oxygen atoms in total. The number of benzene rings is 1. The normalized spacial score (nSPS) is 13.2. The van der Waals surface area contributed by atoms with E-state index >= 15 is 0 Å². The third kappa shape index (κ3) is 3.91. The Morgan fingerprint density at radius 2 is 1.91 bits per heavy atom. The van der Waals surface area contributed by atoms with Gasteiger partial charge in [-0.2, -0.15) is 4.31 Å². The maximum absolute atomic E-state index is 12.9. The number of hydrogen-bond donors (Lipinski definition) is 1. The molecule has 118 valence electrons. The largest absolute Gasteiger partial charge is 0.396 e. The van der Waals surface area contributed by atoms with Crippen LogP contribution in [0.4, 0.5) is 0 Å². The highest BCUT2D eigenvalue weighted by Gasteiger charge is 2.29. The molecule has 0 spiro atoms. The van der Waals surface area contributed by atoms with Crippen LogP contribution in [0.1, 0.15) is 18.9 Å². The zero-order chi connectivity index (χ0) is 16.0. The van der Waals surface area contributed by atoms with E-state index in [-0.39, 0.29) is 24.1 Å². The molecule has 22 heavy (non-hydrogen) atoms. The minimum Gasteiger partial charge on any atom is -0.396 e. The predicted molar refractivity (Wildman–Crippen MR) is 84.6 cm³/mol. The number of aliphatic hydroxyl groups is 1. The van der Waals surface area contributed by atoms with Crippen LogP contribution < -0.4 is 0 Å². The van der Waals surface area contributed by atoms with E-state index in [2.05, 4.69) is 4.98 Å². The molecule has 0 bridgehead atoms. The lowest BCUT2D eigenvalue weighted by atomic mass is 10.2. The van der Waals surface area contributed by atoms with Gasteiger partial charge in [0, 0.05) is 31.6 Å². The third-order valence-corrected chi connectivity index (χ3v) is 5.40. The average molecular weight is 320 g/mol. The highest BCUT2D eigenvalue weighted by atomic mass is 32.2. The van der Waals surface area contributed by atoms with Gasteiger partial charge in [-0.05, 0) is 31.0 Å². The van der Waals surface area contributed by atoms with E-state index in [9.17, 15) is 8.42 Å². The Morgan fingerprint density at radius 1 is 1.18 bits per heavy atom. The van der Waals surface area contributed by atoms with Crippen molar-refractivity contribution in [3.8, 4) is 0 Å². The summed E-state index contributed by atoms with van der Waals surface area (Å²) in [6.45, 7) is 2.00. The van der Waals surface area contributed by atoms with E-state index in [4.69, 9.17) is 5.11 Å². The number of sulfonamides is 1. The van der Waals surface area contributed by atoms with Gasteiger partial charge in [-0.15, -0.1) is 0 Å². The van der Waals surface area contributed by atoms with Crippen molar-refractivity contribution in [2.45, 2.75) is 30.8 Å². The highest BCUT2D eigenvalue weighted by Crippen LogP contribution is 2.21. The summed E-state index contributed by atoms with van der Waals surface area (Å²) in [6, 6.07) is 12.2. The third-order valence-electron chi connectivity index (χ3n) is 3.46. The van der Waals surface area contributed by atoms with Gasteiger partial charge in [-0.3, -0.25) is 4.98 Å². The number of rotatable bonds is 7. The zero-order valence-corrected chi connectivity index (χ0v) is 13.3. The molecule has 1 aromatic heterocycles. The lowest BCUT2D eigenvalue weighted by Gasteiger charge is -2.28. The summed E-state index contributed by atoms with van der Waals surface area (Å²) in [7, 11) is -3.66. The Labute approximate surface area is 131 Å². The maximum atomic E-state index is 12.9. The summed E-state index contributed by atoms with van der Waals surface area (Å²) in [5.41, 5.74) is 0.903. The average Bonchev–Trinajstić information content (AvgIpc) is 2.54. The molecule has 0 radical (unpaired) electrons. The van der Waals surface area contributed by atoms with Gasteiger partial charge in [0.05, 0.1) is 0 Å². The molecule has 1 atom stereocenters. The first-order chi connectivity index (χ1) is 10.6.